The molecule has 0 radical (unpaired) electrons. The zero-order valence-corrected chi connectivity index (χ0v) is 12.8. The Morgan fingerprint density at radius 3 is 2.48 bits per heavy atom. The zero-order valence-electron chi connectivity index (χ0n) is 11.2. The van der Waals surface area contributed by atoms with Crippen LogP contribution in [0.1, 0.15) is 5.56 Å². The third-order valence-electron chi connectivity index (χ3n) is 2.81. The molecule has 2 N–H and O–H groups in total. The van der Waals surface area contributed by atoms with Crippen LogP contribution in [0.2, 0.25) is 0 Å². The van der Waals surface area contributed by atoms with Crippen molar-refractivity contribution in [3.8, 4) is 0 Å². The number of hydrogen-bond donors (Lipinski definition) is 2. The topological polar surface area (TPSA) is 41.1 Å². The minimum atomic E-state index is -0.955. The summed E-state index contributed by atoms with van der Waals surface area (Å²) in [7, 11) is 0. The molecule has 0 bridgehead atoms. The molecule has 0 fully saturated rings. The van der Waals surface area contributed by atoms with Gasteiger partial charge in [0.15, 0.2) is 11.6 Å². The molecule has 0 aliphatic heterocycles. The predicted molar refractivity (Wildman–Crippen MR) is 82.4 cm³/mol. The van der Waals surface area contributed by atoms with E-state index in [1.54, 1.807) is 6.07 Å². The quantitative estimate of drug-likeness (QED) is 0.868. The van der Waals surface area contributed by atoms with Crippen LogP contribution in [0.25, 0.3) is 0 Å². The number of anilines is 2. The second kappa shape index (κ2) is 6.67. The van der Waals surface area contributed by atoms with E-state index in [0.717, 1.165) is 22.2 Å². The van der Waals surface area contributed by atoms with Gasteiger partial charge in [-0.05, 0) is 42.8 Å². The molecule has 2 aromatic carbocycles. The molecule has 21 heavy (non-hydrogen) atoms. The summed E-state index contributed by atoms with van der Waals surface area (Å²) in [5, 5.41) is 5.45. The number of carbonyl (C=O) groups excluding carboxylic acids is 1. The Balaban J connectivity index is 1.92. The number of aryl methyl sites for hydroxylation is 1. The van der Waals surface area contributed by atoms with Crippen molar-refractivity contribution in [2.24, 2.45) is 0 Å². The van der Waals surface area contributed by atoms with E-state index < -0.39 is 11.6 Å². The number of carbonyl (C=O) groups is 1. The van der Waals surface area contributed by atoms with Crippen LogP contribution in [-0.2, 0) is 4.79 Å². The monoisotopic (exact) mass is 354 g/mol. The fourth-order valence-corrected chi connectivity index (χ4v) is 1.96. The molecule has 0 aliphatic rings. The second-order valence-corrected chi connectivity index (χ2v) is 5.35. The lowest BCUT2D eigenvalue weighted by atomic mass is 10.2. The molecule has 0 saturated carbocycles. The van der Waals surface area contributed by atoms with Gasteiger partial charge < -0.3 is 10.6 Å². The first kappa shape index (κ1) is 15.4. The molecule has 2 rings (SSSR count). The van der Waals surface area contributed by atoms with Gasteiger partial charge in [-0.1, -0.05) is 15.9 Å². The average molecular weight is 355 g/mol. The van der Waals surface area contributed by atoms with Crippen molar-refractivity contribution in [1.82, 2.24) is 0 Å². The lowest BCUT2D eigenvalue weighted by molar-refractivity contribution is -0.114. The summed E-state index contributed by atoms with van der Waals surface area (Å²) in [5.41, 5.74) is 2.02. The average Bonchev–Trinajstić information content (AvgIpc) is 2.44. The van der Waals surface area contributed by atoms with E-state index in [2.05, 4.69) is 26.6 Å². The molecule has 0 atom stereocenters. The van der Waals surface area contributed by atoms with Gasteiger partial charge in [-0.2, -0.15) is 0 Å². The minimum Gasteiger partial charge on any atom is -0.376 e. The van der Waals surface area contributed by atoms with E-state index >= 15 is 0 Å². The van der Waals surface area contributed by atoms with E-state index in [-0.39, 0.29) is 12.5 Å². The molecule has 0 heterocycles. The molecule has 6 heteroatoms. The first-order valence-corrected chi connectivity index (χ1v) is 7.00. The van der Waals surface area contributed by atoms with E-state index in [4.69, 9.17) is 0 Å². The zero-order chi connectivity index (χ0) is 15.4. The SMILES string of the molecule is Cc1cc(NC(=O)CNc2ccc(F)c(F)c2)ccc1Br. The Bertz CT molecular complexity index is 677. The van der Waals surface area contributed by atoms with Crippen molar-refractivity contribution in [2.75, 3.05) is 17.2 Å². The van der Waals surface area contributed by atoms with Gasteiger partial charge in [0.05, 0.1) is 6.54 Å². The summed E-state index contributed by atoms with van der Waals surface area (Å²) in [6, 6.07) is 8.83. The van der Waals surface area contributed by atoms with E-state index in [1.165, 1.54) is 6.07 Å². The Labute approximate surface area is 129 Å². The summed E-state index contributed by atoms with van der Waals surface area (Å²) in [5.74, 6) is -2.15. The number of hydrogen-bond acceptors (Lipinski definition) is 2. The van der Waals surface area contributed by atoms with Crippen LogP contribution in [0.4, 0.5) is 20.2 Å². The maximum absolute atomic E-state index is 13.0. The Morgan fingerprint density at radius 1 is 1.10 bits per heavy atom. The summed E-state index contributed by atoms with van der Waals surface area (Å²) in [4.78, 5) is 11.8. The van der Waals surface area contributed by atoms with Gasteiger partial charge in [-0.25, -0.2) is 8.78 Å². The summed E-state index contributed by atoms with van der Waals surface area (Å²) >= 11 is 3.38. The highest BCUT2D eigenvalue weighted by atomic mass is 79.9. The Kier molecular flexibility index (Phi) is 4.90. The van der Waals surface area contributed by atoms with E-state index in [0.29, 0.717) is 11.4 Å². The van der Waals surface area contributed by atoms with Gasteiger partial charge >= 0.3 is 0 Å². The summed E-state index contributed by atoms with van der Waals surface area (Å²) < 4.78 is 26.7. The fraction of sp³-hybridized carbons (Fsp3) is 0.133. The lowest BCUT2D eigenvalue weighted by Crippen LogP contribution is -2.21. The second-order valence-electron chi connectivity index (χ2n) is 4.49. The molecule has 0 aliphatic carbocycles. The maximum Gasteiger partial charge on any atom is 0.243 e. The van der Waals surface area contributed by atoms with Gasteiger partial charge in [0.1, 0.15) is 0 Å². The molecule has 2 aromatic rings. The number of amides is 1. The molecular formula is C15H13BrF2N2O. The largest absolute Gasteiger partial charge is 0.376 e. The molecule has 0 saturated heterocycles. The summed E-state index contributed by atoms with van der Waals surface area (Å²) in [6.07, 6.45) is 0. The smallest absolute Gasteiger partial charge is 0.243 e. The Hall–Kier alpha value is -1.95. The first-order valence-electron chi connectivity index (χ1n) is 6.20. The van der Waals surface area contributed by atoms with Crippen LogP contribution in [0.3, 0.4) is 0 Å². The molecular weight excluding hydrogens is 342 g/mol. The first-order chi connectivity index (χ1) is 9.95. The predicted octanol–water partition coefficient (Wildman–Crippen LogP) is 4.09. The minimum absolute atomic E-state index is 0.0415. The molecule has 0 spiro atoms. The van der Waals surface area contributed by atoms with Crippen LogP contribution in [0.5, 0.6) is 0 Å². The van der Waals surface area contributed by atoms with Crippen LogP contribution in [0, 0.1) is 18.6 Å². The van der Waals surface area contributed by atoms with E-state index in [9.17, 15) is 13.6 Å². The van der Waals surface area contributed by atoms with E-state index in [1.807, 2.05) is 19.1 Å². The van der Waals surface area contributed by atoms with Crippen molar-refractivity contribution in [3.63, 3.8) is 0 Å². The highest BCUT2D eigenvalue weighted by Crippen LogP contribution is 2.20. The molecule has 1 amide bonds. The van der Waals surface area contributed by atoms with Crippen molar-refractivity contribution in [2.45, 2.75) is 6.92 Å². The van der Waals surface area contributed by atoms with Crippen molar-refractivity contribution >= 4 is 33.2 Å². The number of nitrogens with one attached hydrogen (secondary N) is 2. The fourth-order valence-electron chi connectivity index (χ4n) is 1.72. The van der Waals surface area contributed by atoms with Crippen molar-refractivity contribution in [3.05, 3.63) is 58.1 Å². The van der Waals surface area contributed by atoms with Gasteiger partial charge in [-0.3, -0.25) is 4.79 Å². The lowest BCUT2D eigenvalue weighted by Gasteiger charge is -2.09. The summed E-state index contributed by atoms with van der Waals surface area (Å²) in [6.45, 7) is 1.87. The molecule has 0 aromatic heterocycles. The third kappa shape index (κ3) is 4.26. The highest BCUT2D eigenvalue weighted by molar-refractivity contribution is 9.10. The van der Waals surface area contributed by atoms with Crippen molar-refractivity contribution in [1.29, 1.82) is 0 Å². The van der Waals surface area contributed by atoms with Crippen molar-refractivity contribution < 1.29 is 13.6 Å². The standard InChI is InChI=1S/C15H13BrF2N2O/c1-9-6-11(2-4-12(9)16)20-15(21)8-19-10-3-5-13(17)14(18)7-10/h2-7,19H,8H2,1H3,(H,20,21). The Morgan fingerprint density at radius 2 is 1.81 bits per heavy atom. The number of halogens is 3. The van der Waals surface area contributed by atoms with Gasteiger partial charge in [-0.15, -0.1) is 0 Å². The van der Waals surface area contributed by atoms with Gasteiger partial charge in [0, 0.05) is 21.9 Å². The number of benzene rings is 2. The third-order valence-corrected chi connectivity index (χ3v) is 3.70. The molecule has 0 unspecified atom stereocenters. The van der Waals surface area contributed by atoms with Gasteiger partial charge in [0.2, 0.25) is 5.91 Å². The highest BCUT2D eigenvalue weighted by Gasteiger charge is 2.06. The molecule has 3 nitrogen and oxygen atoms in total. The molecule has 110 valence electrons. The maximum atomic E-state index is 13.0. The van der Waals surface area contributed by atoms with Crippen LogP contribution < -0.4 is 10.6 Å². The van der Waals surface area contributed by atoms with Gasteiger partial charge in [0.25, 0.3) is 0 Å². The number of rotatable bonds is 4. The normalized spacial score (nSPS) is 10.3. The van der Waals surface area contributed by atoms with Crippen LogP contribution in [-0.4, -0.2) is 12.5 Å². The van der Waals surface area contributed by atoms with Crippen LogP contribution >= 0.6 is 15.9 Å². The van der Waals surface area contributed by atoms with Crippen LogP contribution in [0.15, 0.2) is 40.9 Å².